The highest BCUT2D eigenvalue weighted by atomic mass is 16.5. The summed E-state index contributed by atoms with van der Waals surface area (Å²) in [6.07, 6.45) is 3.94. The maximum absolute atomic E-state index is 8.92. The molecular weight excluding hydrogens is 228 g/mol. The van der Waals surface area contributed by atoms with E-state index in [4.69, 9.17) is 10.00 Å². The molecule has 0 N–H and O–H groups in total. The second-order valence-electron chi connectivity index (χ2n) is 5.05. The molecule has 0 aromatic carbocycles. The number of fused-ring (bicyclic) bond motifs is 2. The van der Waals surface area contributed by atoms with Crippen LogP contribution in [0.3, 0.4) is 0 Å². The van der Waals surface area contributed by atoms with E-state index in [1.54, 1.807) is 6.20 Å². The number of nitrogens with zero attached hydrogens (tertiary/aromatic N) is 4. The minimum atomic E-state index is 0.258. The summed E-state index contributed by atoms with van der Waals surface area (Å²) in [6.45, 7) is 3.69. The average molecular weight is 244 g/mol. The number of pyridine rings is 1. The van der Waals surface area contributed by atoms with Gasteiger partial charge in [-0.3, -0.25) is 4.98 Å². The van der Waals surface area contributed by atoms with E-state index in [1.165, 1.54) is 0 Å². The molecule has 1 aromatic rings. The smallest absolute Gasteiger partial charge is 0.101 e. The summed E-state index contributed by atoms with van der Waals surface area (Å²) in [5.41, 5.74) is 1.64. The van der Waals surface area contributed by atoms with E-state index in [9.17, 15) is 0 Å². The molecule has 0 amide bonds. The van der Waals surface area contributed by atoms with Crippen molar-refractivity contribution in [1.82, 2.24) is 9.88 Å². The Morgan fingerprint density at radius 1 is 1.28 bits per heavy atom. The lowest BCUT2D eigenvalue weighted by molar-refractivity contribution is -0.0875. The van der Waals surface area contributed by atoms with Crippen molar-refractivity contribution in [2.24, 2.45) is 0 Å². The number of ether oxygens (including phenoxy) is 1. The van der Waals surface area contributed by atoms with Gasteiger partial charge in [0.1, 0.15) is 6.07 Å². The summed E-state index contributed by atoms with van der Waals surface area (Å²) < 4.78 is 5.93. The third kappa shape index (κ3) is 2.17. The van der Waals surface area contributed by atoms with Crippen LogP contribution < -0.4 is 4.90 Å². The van der Waals surface area contributed by atoms with Crippen molar-refractivity contribution < 1.29 is 4.74 Å². The number of likely N-dealkylation sites (N-methyl/N-ethyl adjacent to an activating group) is 1. The maximum Gasteiger partial charge on any atom is 0.101 e. The van der Waals surface area contributed by atoms with Crippen LogP contribution >= 0.6 is 0 Å². The maximum atomic E-state index is 8.92. The van der Waals surface area contributed by atoms with Gasteiger partial charge < -0.3 is 14.5 Å². The SMILES string of the molecule is CN1CC2CN(c3cncc(C#N)c3)CC(C1)O2. The van der Waals surface area contributed by atoms with Gasteiger partial charge in [0.05, 0.1) is 29.7 Å². The first-order valence-corrected chi connectivity index (χ1v) is 6.18. The van der Waals surface area contributed by atoms with Gasteiger partial charge in [-0.25, -0.2) is 0 Å². The molecule has 1 aromatic heterocycles. The highest BCUT2D eigenvalue weighted by Crippen LogP contribution is 2.23. The zero-order valence-corrected chi connectivity index (χ0v) is 10.4. The minimum absolute atomic E-state index is 0.258. The lowest BCUT2D eigenvalue weighted by Crippen LogP contribution is -2.58. The van der Waals surface area contributed by atoms with Crippen LogP contribution in [-0.2, 0) is 4.74 Å². The summed E-state index contributed by atoms with van der Waals surface area (Å²) in [6, 6.07) is 4.04. The van der Waals surface area contributed by atoms with Gasteiger partial charge in [0.15, 0.2) is 0 Å². The summed E-state index contributed by atoms with van der Waals surface area (Å²) in [5, 5.41) is 8.92. The first-order valence-electron chi connectivity index (χ1n) is 6.18. The van der Waals surface area contributed by atoms with E-state index in [0.29, 0.717) is 5.56 Å². The Balaban J connectivity index is 1.79. The highest BCUT2D eigenvalue weighted by Gasteiger charge is 2.33. The van der Waals surface area contributed by atoms with Crippen LogP contribution in [0.1, 0.15) is 5.56 Å². The van der Waals surface area contributed by atoms with Gasteiger partial charge in [0.25, 0.3) is 0 Å². The molecule has 3 rings (SSSR count). The molecule has 5 heteroatoms. The number of morpholine rings is 2. The zero-order valence-electron chi connectivity index (χ0n) is 10.4. The molecule has 2 atom stereocenters. The van der Waals surface area contributed by atoms with E-state index in [2.05, 4.69) is 27.9 Å². The molecule has 2 fully saturated rings. The third-order valence-electron chi connectivity index (χ3n) is 3.48. The Morgan fingerprint density at radius 2 is 2.00 bits per heavy atom. The summed E-state index contributed by atoms with van der Waals surface area (Å²) in [7, 11) is 2.13. The summed E-state index contributed by atoms with van der Waals surface area (Å²) in [5.74, 6) is 0. The van der Waals surface area contributed by atoms with Crippen LogP contribution in [0, 0.1) is 11.3 Å². The Labute approximate surface area is 107 Å². The van der Waals surface area contributed by atoms with Crippen LogP contribution in [0.2, 0.25) is 0 Å². The molecule has 2 unspecified atom stereocenters. The molecule has 2 aliphatic rings. The fraction of sp³-hybridized carbons (Fsp3) is 0.538. The van der Waals surface area contributed by atoms with Crippen LogP contribution in [0.25, 0.3) is 0 Å². The highest BCUT2D eigenvalue weighted by molar-refractivity contribution is 5.49. The summed E-state index contributed by atoms with van der Waals surface area (Å²) >= 11 is 0. The van der Waals surface area contributed by atoms with Crippen molar-refractivity contribution in [3.8, 4) is 6.07 Å². The van der Waals surface area contributed by atoms with Gasteiger partial charge in [-0.15, -0.1) is 0 Å². The number of rotatable bonds is 1. The van der Waals surface area contributed by atoms with E-state index >= 15 is 0 Å². The van der Waals surface area contributed by atoms with Crippen molar-refractivity contribution in [3.63, 3.8) is 0 Å². The first-order chi connectivity index (χ1) is 8.74. The Hall–Kier alpha value is -1.64. The van der Waals surface area contributed by atoms with Gasteiger partial charge >= 0.3 is 0 Å². The number of aromatic nitrogens is 1. The second-order valence-corrected chi connectivity index (χ2v) is 5.05. The van der Waals surface area contributed by atoms with E-state index < -0.39 is 0 Å². The topological polar surface area (TPSA) is 52.4 Å². The van der Waals surface area contributed by atoms with Crippen LogP contribution in [0.4, 0.5) is 5.69 Å². The Morgan fingerprint density at radius 3 is 2.67 bits per heavy atom. The van der Waals surface area contributed by atoms with Crippen molar-refractivity contribution in [2.45, 2.75) is 12.2 Å². The van der Waals surface area contributed by atoms with Gasteiger partial charge in [-0.1, -0.05) is 0 Å². The molecule has 5 nitrogen and oxygen atoms in total. The van der Waals surface area contributed by atoms with Gasteiger partial charge in [0.2, 0.25) is 0 Å². The molecule has 94 valence electrons. The average Bonchev–Trinajstić information content (AvgIpc) is 2.37. The normalized spacial score (nSPS) is 27.9. The molecule has 2 bridgehead atoms. The van der Waals surface area contributed by atoms with E-state index in [1.807, 2.05) is 12.3 Å². The molecule has 0 saturated carbocycles. The van der Waals surface area contributed by atoms with Gasteiger partial charge in [0, 0.05) is 32.4 Å². The Kier molecular flexibility index (Phi) is 2.90. The van der Waals surface area contributed by atoms with Crippen molar-refractivity contribution >= 4 is 5.69 Å². The minimum Gasteiger partial charge on any atom is -0.369 e. The zero-order chi connectivity index (χ0) is 12.5. The summed E-state index contributed by atoms with van der Waals surface area (Å²) in [4.78, 5) is 8.72. The van der Waals surface area contributed by atoms with E-state index in [0.717, 1.165) is 31.9 Å². The quantitative estimate of drug-likeness (QED) is 0.719. The molecule has 0 radical (unpaired) electrons. The monoisotopic (exact) mass is 244 g/mol. The van der Waals surface area contributed by atoms with Crippen LogP contribution in [-0.4, -0.2) is 55.3 Å². The molecule has 2 saturated heterocycles. The standard InChI is InChI=1S/C13H16N4O/c1-16-6-12-8-17(9-13(7-16)18-12)11-2-10(3-14)4-15-5-11/h2,4-5,12-13H,6-9H2,1H3. The predicted octanol–water partition coefficient (Wildman–Crippen LogP) is 0.472. The van der Waals surface area contributed by atoms with Crippen LogP contribution in [0.15, 0.2) is 18.5 Å². The number of nitriles is 1. The number of anilines is 1. The number of hydrogen-bond donors (Lipinski definition) is 0. The molecule has 18 heavy (non-hydrogen) atoms. The van der Waals surface area contributed by atoms with Gasteiger partial charge in [-0.2, -0.15) is 5.26 Å². The first kappa shape index (κ1) is 11.5. The number of hydrogen-bond acceptors (Lipinski definition) is 5. The molecule has 3 heterocycles. The molecule has 0 aliphatic carbocycles. The second kappa shape index (κ2) is 4.56. The van der Waals surface area contributed by atoms with Crippen LogP contribution in [0.5, 0.6) is 0 Å². The lowest BCUT2D eigenvalue weighted by Gasteiger charge is -2.45. The van der Waals surface area contributed by atoms with Gasteiger partial charge in [-0.05, 0) is 13.1 Å². The molecule has 0 spiro atoms. The predicted molar refractivity (Wildman–Crippen MR) is 67.3 cm³/mol. The van der Waals surface area contributed by atoms with Crippen molar-refractivity contribution in [1.29, 1.82) is 5.26 Å². The lowest BCUT2D eigenvalue weighted by atomic mass is 10.1. The fourth-order valence-corrected chi connectivity index (χ4v) is 2.77. The van der Waals surface area contributed by atoms with Crippen molar-refractivity contribution in [3.05, 3.63) is 24.0 Å². The van der Waals surface area contributed by atoms with E-state index in [-0.39, 0.29) is 12.2 Å². The molecule has 2 aliphatic heterocycles. The Bertz CT molecular complexity index is 466. The molecular formula is C13H16N4O. The third-order valence-corrected chi connectivity index (χ3v) is 3.48. The van der Waals surface area contributed by atoms with Crippen molar-refractivity contribution in [2.75, 3.05) is 38.1 Å². The largest absolute Gasteiger partial charge is 0.369 e. The fourth-order valence-electron chi connectivity index (χ4n) is 2.77.